The second-order valence-corrected chi connectivity index (χ2v) is 5.65. The summed E-state index contributed by atoms with van der Waals surface area (Å²) in [5, 5.41) is 19.6. The molecule has 0 radical (unpaired) electrons. The van der Waals surface area contributed by atoms with E-state index in [9.17, 15) is 27.3 Å². The van der Waals surface area contributed by atoms with Gasteiger partial charge in [-0.3, -0.25) is 10.1 Å². The predicted molar refractivity (Wildman–Crippen MR) is 65.0 cm³/mol. The maximum atomic E-state index is 12.1. The molecular weight excluding hydrogens is 298 g/mol. The Kier molecular flexibility index (Phi) is 5.09. The number of nitrogens with zero attached hydrogens (tertiary/aromatic N) is 1. The predicted octanol–water partition coefficient (Wildman–Crippen LogP) is 0.808. The summed E-state index contributed by atoms with van der Waals surface area (Å²) in [6.07, 6.45) is -5.24. The summed E-state index contributed by atoms with van der Waals surface area (Å²) in [4.78, 5) is 9.56. The fourth-order valence-corrected chi connectivity index (χ4v) is 2.76. The topological polar surface area (TPSA) is 110 Å². The lowest BCUT2D eigenvalue weighted by molar-refractivity contribution is -0.385. The standard InChI is InChI=1S/C10H12F2N2O5S/c1-6-7(14(16)17)3-2-4-9(6)20(18,19)13-5-8(15)10(11)12/h2-4,8,10,13,15H,5H2,1H3. The zero-order chi connectivity index (χ0) is 15.5. The van der Waals surface area contributed by atoms with Crippen molar-refractivity contribution in [3.63, 3.8) is 0 Å². The molecule has 1 aromatic rings. The van der Waals surface area contributed by atoms with Gasteiger partial charge in [0.2, 0.25) is 10.0 Å². The number of aliphatic hydroxyl groups excluding tert-OH is 1. The average molecular weight is 310 g/mol. The number of benzene rings is 1. The zero-order valence-electron chi connectivity index (χ0n) is 10.3. The Morgan fingerprint density at radius 3 is 2.55 bits per heavy atom. The van der Waals surface area contributed by atoms with Crippen LogP contribution in [0.3, 0.4) is 0 Å². The maximum absolute atomic E-state index is 12.1. The van der Waals surface area contributed by atoms with Crippen LogP contribution in [-0.2, 0) is 10.0 Å². The van der Waals surface area contributed by atoms with E-state index in [4.69, 9.17) is 5.11 Å². The third kappa shape index (κ3) is 3.68. The summed E-state index contributed by atoms with van der Waals surface area (Å²) in [7, 11) is -4.22. The Morgan fingerprint density at radius 2 is 2.05 bits per heavy atom. The Bertz CT molecular complexity index is 606. The normalized spacial score (nSPS) is 13.4. The van der Waals surface area contributed by atoms with Crippen LogP contribution in [0.1, 0.15) is 5.56 Å². The molecule has 0 saturated heterocycles. The first-order chi connectivity index (χ1) is 9.16. The van der Waals surface area contributed by atoms with E-state index in [2.05, 4.69) is 0 Å². The monoisotopic (exact) mass is 310 g/mol. The molecule has 0 aromatic heterocycles. The van der Waals surface area contributed by atoms with Crippen LogP contribution in [-0.4, -0.2) is 37.5 Å². The summed E-state index contributed by atoms with van der Waals surface area (Å²) in [5.74, 6) is 0. The van der Waals surface area contributed by atoms with Gasteiger partial charge in [0.05, 0.1) is 9.82 Å². The van der Waals surface area contributed by atoms with Crippen LogP contribution in [0.15, 0.2) is 23.1 Å². The molecule has 0 bridgehead atoms. The van der Waals surface area contributed by atoms with Crippen molar-refractivity contribution >= 4 is 15.7 Å². The molecule has 0 aliphatic heterocycles. The smallest absolute Gasteiger partial charge is 0.273 e. The highest BCUT2D eigenvalue weighted by Gasteiger charge is 2.25. The molecule has 1 rings (SSSR count). The maximum Gasteiger partial charge on any atom is 0.273 e. The van der Waals surface area contributed by atoms with E-state index in [1.54, 1.807) is 4.72 Å². The first-order valence-electron chi connectivity index (χ1n) is 5.36. The molecule has 0 aliphatic rings. The van der Waals surface area contributed by atoms with Crippen molar-refractivity contribution in [3.05, 3.63) is 33.9 Å². The van der Waals surface area contributed by atoms with Gasteiger partial charge in [0.15, 0.2) is 0 Å². The lowest BCUT2D eigenvalue weighted by Crippen LogP contribution is -2.36. The molecule has 7 nitrogen and oxygen atoms in total. The van der Waals surface area contributed by atoms with Gasteiger partial charge >= 0.3 is 0 Å². The van der Waals surface area contributed by atoms with Gasteiger partial charge in [-0.05, 0) is 13.0 Å². The number of alkyl halides is 2. The second-order valence-electron chi connectivity index (χ2n) is 3.91. The van der Waals surface area contributed by atoms with Crippen LogP contribution in [0.5, 0.6) is 0 Å². The molecule has 0 heterocycles. The Balaban J connectivity index is 3.05. The van der Waals surface area contributed by atoms with Crippen LogP contribution in [0.2, 0.25) is 0 Å². The number of nitro benzene ring substituents is 1. The van der Waals surface area contributed by atoms with Crippen molar-refractivity contribution in [1.82, 2.24) is 4.72 Å². The largest absolute Gasteiger partial charge is 0.386 e. The molecule has 2 N–H and O–H groups in total. The van der Waals surface area contributed by atoms with Crippen LogP contribution < -0.4 is 4.72 Å². The van der Waals surface area contributed by atoms with Gasteiger partial charge in [-0.2, -0.15) is 0 Å². The van der Waals surface area contributed by atoms with Crippen molar-refractivity contribution in [3.8, 4) is 0 Å². The number of rotatable bonds is 6. The van der Waals surface area contributed by atoms with E-state index in [-0.39, 0.29) is 5.56 Å². The molecule has 1 aromatic carbocycles. The number of hydrogen-bond donors (Lipinski definition) is 2. The zero-order valence-corrected chi connectivity index (χ0v) is 11.1. The van der Waals surface area contributed by atoms with Gasteiger partial charge in [0, 0.05) is 18.2 Å². The number of nitrogens with one attached hydrogen (secondary N) is 1. The molecule has 1 atom stereocenters. The lowest BCUT2D eigenvalue weighted by Gasteiger charge is -2.12. The third-order valence-electron chi connectivity index (χ3n) is 2.52. The molecule has 112 valence electrons. The van der Waals surface area contributed by atoms with E-state index in [0.717, 1.165) is 12.1 Å². The van der Waals surface area contributed by atoms with Crippen LogP contribution in [0.25, 0.3) is 0 Å². The first kappa shape index (κ1) is 16.4. The van der Waals surface area contributed by atoms with Crippen molar-refractivity contribution < 1.29 is 27.2 Å². The highest BCUT2D eigenvalue weighted by molar-refractivity contribution is 7.89. The quantitative estimate of drug-likeness (QED) is 0.597. The summed E-state index contributed by atoms with van der Waals surface area (Å²) in [6.45, 7) is 0.346. The SMILES string of the molecule is Cc1c([N+](=O)[O-])cccc1S(=O)(=O)NCC(O)C(F)F. The number of halogens is 2. The van der Waals surface area contributed by atoms with Crippen LogP contribution >= 0.6 is 0 Å². The van der Waals surface area contributed by atoms with Gasteiger partial charge in [0.1, 0.15) is 6.10 Å². The highest BCUT2D eigenvalue weighted by Crippen LogP contribution is 2.24. The molecule has 20 heavy (non-hydrogen) atoms. The number of sulfonamides is 1. The third-order valence-corrected chi connectivity index (χ3v) is 4.08. The Morgan fingerprint density at radius 1 is 1.45 bits per heavy atom. The highest BCUT2D eigenvalue weighted by atomic mass is 32.2. The minimum atomic E-state index is -4.22. The second kappa shape index (κ2) is 6.20. The van der Waals surface area contributed by atoms with Crippen LogP contribution in [0, 0.1) is 17.0 Å². The minimum absolute atomic E-state index is 0.114. The summed E-state index contributed by atoms with van der Waals surface area (Å²) >= 11 is 0. The van der Waals surface area contributed by atoms with E-state index >= 15 is 0 Å². The van der Waals surface area contributed by atoms with Gasteiger partial charge in [-0.1, -0.05) is 6.07 Å². The number of hydrogen-bond acceptors (Lipinski definition) is 5. The van der Waals surface area contributed by atoms with E-state index in [0.29, 0.717) is 0 Å². The molecular formula is C10H12F2N2O5S. The minimum Gasteiger partial charge on any atom is -0.386 e. The van der Waals surface area contributed by atoms with Crippen molar-refractivity contribution in [2.75, 3.05) is 6.54 Å². The number of nitro groups is 1. The average Bonchev–Trinajstić information content (AvgIpc) is 2.35. The van der Waals surface area contributed by atoms with Gasteiger partial charge in [0.25, 0.3) is 12.1 Å². The van der Waals surface area contributed by atoms with Crippen molar-refractivity contribution in [2.24, 2.45) is 0 Å². The fourth-order valence-electron chi connectivity index (χ4n) is 1.45. The fraction of sp³-hybridized carbons (Fsp3) is 0.400. The van der Waals surface area contributed by atoms with E-state index in [1.807, 2.05) is 0 Å². The van der Waals surface area contributed by atoms with E-state index < -0.39 is 44.6 Å². The van der Waals surface area contributed by atoms with Crippen LogP contribution in [0.4, 0.5) is 14.5 Å². The first-order valence-corrected chi connectivity index (χ1v) is 6.85. The van der Waals surface area contributed by atoms with Gasteiger partial charge < -0.3 is 5.11 Å². The van der Waals surface area contributed by atoms with Gasteiger partial charge in [-0.25, -0.2) is 21.9 Å². The Hall–Kier alpha value is -1.65. The molecule has 10 heteroatoms. The summed E-state index contributed by atoms with van der Waals surface area (Å²) in [6, 6.07) is 3.41. The van der Waals surface area contributed by atoms with Crippen molar-refractivity contribution in [1.29, 1.82) is 0 Å². The molecule has 0 spiro atoms. The van der Waals surface area contributed by atoms with Crippen molar-refractivity contribution in [2.45, 2.75) is 24.3 Å². The van der Waals surface area contributed by atoms with Gasteiger partial charge in [-0.15, -0.1) is 0 Å². The summed E-state index contributed by atoms with van der Waals surface area (Å²) in [5.41, 5.74) is -0.515. The molecule has 0 fully saturated rings. The molecule has 0 aliphatic carbocycles. The molecule has 1 unspecified atom stereocenters. The summed E-state index contributed by atoms with van der Waals surface area (Å²) < 4.78 is 49.7. The molecule has 0 amide bonds. The Labute approximate surface area is 113 Å². The lowest BCUT2D eigenvalue weighted by atomic mass is 10.2. The van der Waals surface area contributed by atoms with E-state index in [1.165, 1.54) is 13.0 Å². The molecule has 0 saturated carbocycles. The number of aliphatic hydroxyl groups is 1.